The number of rotatable bonds is 5. The van der Waals surface area contributed by atoms with E-state index in [0.29, 0.717) is 18.4 Å². The number of nitrogens with zero attached hydrogens (tertiary/aromatic N) is 1. The van der Waals surface area contributed by atoms with Gasteiger partial charge in [0.05, 0.1) is 0 Å². The summed E-state index contributed by atoms with van der Waals surface area (Å²) >= 11 is 0. The van der Waals surface area contributed by atoms with E-state index in [1.807, 2.05) is 4.90 Å². The Morgan fingerprint density at radius 1 is 1.39 bits per heavy atom. The Morgan fingerprint density at radius 2 is 2.13 bits per heavy atom. The molecule has 2 fully saturated rings. The molecule has 23 heavy (non-hydrogen) atoms. The number of carbonyl (C=O) groups excluding carboxylic acids is 2. The van der Waals surface area contributed by atoms with Crippen LogP contribution >= 0.6 is 12.4 Å². The van der Waals surface area contributed by atoms with Gasteiger partial charge >= 0.3 is 0 Å². The van der Waals surface area contributed by atoms with Crippen LogP contribution in [-0.4, -0.2) is 47.9 Å². The molecule has 6 heteroatoms. The molecule has 2 amide bonds. The molecule has 0 spiro atoms. The van der Waals surface area contributed by atoms with Gasteiger partial charge in [-0.05, 0) is 51.5 Å². The second kappa shape index (κ2) is 9.48. The average Bonchev–Trinajstić information content (AvgIpc) is 2.45. The summed E-state index contributed by atoms with van der Waals surface area (Å²) < 4.78 is 0. The summed E-state index contributed by atoms with van der Waals surface area (Å²) in [5, 5.41) is 6.60. The Bertz CT molecular complexity index is 403. The molecule has 0 saturated carbocycles. The molecule has 5 nitrogen and oxygen atoms in total. The lowest BCUT2D eigenvalue weighted by Crippen LogP contribution is -2.55. The minimum atomic E-state index is -0.294. The van der Waals surface area contributed by atoms with Gasteiger partial charge in [0.25, 0.3) is 0 Å². The van der Waals surface area contributed by atoms with E-state index in [2.05, 4.69) is 31.4 Å². The van der Waals surface area contributed by atoms with Gasteiger partial charge in [0.1, 0.15) is 6.04 Å². The maximum atomic E-state index is 12.8. The molecule has 0 aromatic rings. The molecule has 134 valence electrons. The van der Waals surface area contributed by atoms with Crippen molar-refractivity contribution >= 4 is 24.2 Å². The first-order valence-corrected chi connectivity index (χ1v) is 8.80. The maximum absolute atomic E-state index is 12.8. The van der Waals surface area contributed by atoms with Gasteiger partial charge in [-0.3, -0.25) is 9.59 Å². The van der Waals surface area contributed by atoms with Crippen LogP contribution in [0, 0.1) is 5.92 Å². The lowest BCUT2D eigenvalue weighted by atomic mass is 9.96. The molecule has 2 heterocycles. The van der Waals surface area contributed by atoms with Gasteiger partial charge in [0.2, 0.25) is 11.8 Å². The Balaban J connectivity index is 0.00000264. The summed E-state index contributed by atoms with van der Waals surface area (Å²) in [4.78, 5) is 26.8. The van der Waals surface area contributed by atoms with Crippen LogP contribution in [0.15, 0.2) is 0 Å². The summed E-state index contributed by atoms with van der Waals surface area (Å²) in [5.41, 5.74) is 0. The minimum absolute atomic E-state index is 0. The van der Waals surface area contributed by atoms with Gasteiger partial charge in [-0.25, -0.2) is 0 Å². The average molecular weight is 346 g/mol. The summed E-state index contributed by atoms with van der Waals surface area (Å²) in [7, 11) is 0. The zero-order chi connectivity index (χ0) is 16.1. The van der Waals surface area contributed by atoms with Gasteiger partial charge in [-0.1, -0.05) is 13.8 Å². The predicted molar refractivity (Wildman–Crippen MR) is 94.7 cm³/mol. The van der Waals surface area contributed by atoms with E-state index in [-0.39, 0.29) is 36.3 Å². The second-order valence-electron chi connectivity index (χ2n) is 7.27. The summed E-state index contributed by atoms with van der Waals surface area (Å²) in [5.74, 6) is 0.589. The number of amides is 2. The number of halogens is 1. The van der Waals surface area contributed by atoms with Crippen LogP contribution < -0.4 is 10.6 Å². The first kappa shape index (κ1) is 20.2. The highest BCUT2D eigenvalue weighted by molar-refractivity contribution is 5.88. The molecule has 0 aromatic carbocycles. The van der Waals surface area contributed by atoms with Crippen molar-refractivity contribution in [3.05, 3.63) is 0 Å². The zero-order valence-corrected chi connectivity index (χ0v) is 15.5. The number of carbonyl (C=O) groups is 2. The fourth-order valence-electron chi connectivity index (χ4n) is 3.54. The summed E-state index contributed by atoms with van der Waals surface area (Å²) in [6.45, 7) is 8.05. The maximum Gasteiger partial charge on any atom is 0.243 e. The molecular weight excluding hydrogens is 314 g/mol. The standard InChI is InChI=1S/C17H31N3O2.ClH/c1-12(2)10-15(20-9-5-4-6-16(20)21)17(22)19-14-7-8-18-13(3)11-14;/h12-15,18H,4-11H2,1-3H3,(H,19,22);1H. The van der Waals surface area contributed by atoms with Crippen molar-refractivity contribution in [2.45, 2.75) is 77.4 Å². The molecule has 2 rings (SSSR count). The molecule has 2 saturated heterocycles. The molecular formula is C17H32ClN3O2. The highest BCUT2D eigenvalue weighted by Gasteiger charge is 2.33. The predicted octanol–water partition coefficient (Wildman–Crippen LogP) is 2.09. The molecule has 2 N–H and O–H groups in total. The van der Waals surface area contributed by atoms with Crippen molar-refractivity contribution in [1.29, 1.82) is 0 Å². The quantitative estimate of drug-likeness (QED) is 0.802. The van der Waals surface area contributed by atoms with E-state index in [0.717, 1.165) is 45.2 Å². The van der Waals surface area contributed by atoms with Crippen molar-refractivity contribution in [2.75, 3.05) is 13.1 Å². The fraction of sp³-hybridized carbons (Fsp3) is 0.882. The Kier molecular flexibility index (Phi) is 8.34. The van der Waals surface area contributed by atoms with E-state index in [9.17, 15) is 9.59 Å². The third-order valence-electron chi connectivity index (χ3n) is 4.70. The molecule has 0 radical (unpaired) electrons. The van der Waals surface area contributed by atoms with Crippen molar-refractivity contribution in [3.8, 4) is 0 Å². The number of nitrogens with one attached hydrogen (secondary N) is 2. The monoisotopic (exact) mass is 345 g/mol. The Morgan fingerprint density at radius 3 is 2.74 bits per heavy atom. The SMILES string of the molecule is CC(C)CC(C(=O)NC1CCNC(C)C1)N1CCCCC1=O.Cl. The Labute approximate surface area is 146 Å². The van der Waals surface area contributed by atoms with Gasteiger partial charge in [0.15, 0.2) is 0 Å². The first-order valence-electron chi connectivity index (χ1n) is 8.80. The number of hydrogen-bond acceptors (Lipinski definition) is 3. The topological polar surface area (TPSA) is 61.4 Å². The van der Waals surface area contributed by atoms with Gasteiger partial charge in [-0.15, -0.1) is 12.4 Å². The van der Waals surface area contributed by atoms with Gasteiger partial charge in [-0.2, -0.15) is 0 Å². The van der Waals surface area contributed by atoms with Crippen LogP contribution in [0.1, 0.15) is 59.3 Å². The molecule has 3 atom stereocenters. The molecule has 2 aliphatic heterocycles. The normalized spacial score (nSPS) is 26.6. The zero-order valence-electron chi connectivity index (χ0n) is 14.6. The van der Waals surface area contributed by atoms with Crippen molar-refractivity contribution < 1.29 is 9.59 Å². The van der Waals surface area contributed by atoms with Crippen LogP contribution in [0.5, 0.6) is 0 Å². The van der Waals surface area contributed by atoms with Crippen LogP contribution in [0.2, 0.25) is 0 Å². The van der Waals surface area contributed by atoms with Crippen LogP contribution in [0.3, 0.4) is 0 Å². The van der Waals surface area contributed by atoms with Crippen LogP contribution in [-0.2, 0) is 9.59 Å². The molecule has 0 bridgehead atoms. The highest BCUT2D eigenvalue weighted by Crippen LogP contribution is 2.20. The lowest BCUT2D eigenvalue weighted by Gasteiger charge is -2.36. The molecule has 3 unspecified atom stereocenters. The molecule has 0 aromatic heterocycles. The number of likely N-dealkylation sites (tertiary alicyclic amines) is 1. The smallest absolute Gasteiger partial charge is 0.243 e. The van der Waals surface area contributed by atoms with E-state index in [4.69, 9.17) is 0 Å². The number of hydrogen-bond donors (Lipinski definition) is 2. The van der Waals surface area contributed by atoms with Crippen molar-refractivity contribution in [1.82, 2.24) is 15.5 Å². The highest BCUT2D eigenvalue weighted by atomic mass is 35.5. The summed E-state index contributed by atoms with van der Waals surface area (Å²) in [6, 6.07) is 0.385. The summed E-state index contributed by atoms with van der Waals surface area (Å²) in [6.07, 6.45) is 5.24. The van der Waals surface area contributed by atoms with E-state index >= 15 is 0 Å². The number of piperidine rings is 2. The van der Waals surface area contributed by atoms with Crippen LogP contribution in [0.25, 0.3) is 0 Å². The van der Waals surface area contributed by atoms with Gasteiger partial charge in [0, 0.05) is 25.0 Å². The molecule has 2 aliphatic rings. The van der Waals surface area contributed by atoms with E-state index in [1.54, 1.807) is 0 Å². The van der Waals surface area contributed by atoms with E-state index < -0.39 is 0 Å². The third kappa shape index (κ3) is 5.96. The third-order valence-corrected chi connectivity index (χ3v) is 4.70. The van der Waals surface area contributed by atoms with Crippen molar-refractivity contribution in [3.63, 3.8) is 0 Å². The van der Waals surface area contributed by atoms with Gasteiger partial charge < -0.3 is 15.5 Å². The Hall–Kier alpha value is -0.810. The van der Waals surface area contributed by atoms with E-state index in [1.165, 1.54) is 0 Å². The fourth-order valence-corrected chi connectivity index (χ4v) is 3.54. The molecule has 0 aliphatic carbocycles. The second-order valence-corrected chi connectivity index (χ2v) is 7.27. The minimum Gasteiger partial charge on any atom is -0.351 e. The first-order chi connectivity index (χ1) is 10.5. The van der Waals surface area contributed by atoms with Crippen LogP contribution in [0.4, 0.5) is 0 Å². The lowest BCUT2D eigenvalue weighted by molar-refractivity contribution is -0.143. The largest absolute Gasteiger partial charge is 0.351 e. The van der Waals surface area contributed by atoms with Crippen molar-refractivity contribution in [2.24, 2.45) is 5.92 Å².